The fraction of sp³-hybridized carbons (Fsp3) is 0.771. The predicted octanol–water partition coefficient (Wildman–Crippen LogP) is -1.38. The van der Waals surface area contributed by atoms with Crippen molar-refractivity contribution in [2.75, 3.05) is 19.8 Å². The van der Waals surface area contributed by atoms with E-state index in [4.69, 9.17) is 28.4 Å². The first-order chi connectivity index (χ1) is 26.1. The van der Waals surface area contributed by atoms with Gasteiger partial charge in [-0.3, -0.25) is 0 Å². The summed E-state index contributed by atoms with van der Waals surface area (Å²) in [5.41, 5.74) is 0.806. The maximum Gasteiger partial charge on any atom is 0.332 e. The molecule has 1 aromatic carbocycles. The maximum absolute atomic E-state index is 12.8. The average Bonchev–Trinajstić information content (AvgIpc) is 3.15. The number of urea groups is 1. The Bertz CT molecular complexity index is 1510. The van der Waals surface area contributed by atoms with Gasteiger partial charge in [-0.2, -0.15) is 0 Å². The highest BCUT2D eigenvalue weighted by atomic mass is 32.2. The molecule has 9 N–H and O–H groups in total. The molecule has 0 aromatic heterocycles. The number of aliphatic hydroxyl groups excluding tert-OH is 6. The van der Waals surface area contributed by atoms with E-state index in [0.717, 1.165) is 37.7 Å². The predicted molar refractivity (Wildman–Crippen MR) is 187 cm³/mol. The van der Waals surface area contributed by atoms with Crippen molar-refractivity contribution in [3.05, 3.63) is 29.8 Å². The Hall–Kier alpha value is -2.57. The van der Waals surface area contributed by atoms with Gasteiger partial charge in [-0.25, -0.2) is 22.7 Å². The molecule has 3 unspecified atom stereocenters. The van der Waals surface area contributed by atoms with Gasteiger partial charge < -0.3 is 69.5 Å². The molecule has 14 atom stereocenters. The first-order valence-corrected chi connectivity index (χ1v) is 20.1. The minimum absolute atomic E-state index is 0.0304. The number of amides is 2. The molecule has 0 bridgehead atoms. The average molecular weight is 807 g/mol. The summed E-state index contributed by atoms with van der Waals surface area (Å²) < 4.78 is 63.0. The molecule has 3 saturated heterocycles. The summed E-state index contributed by atoms with van der Waals surface area (Å²) in [6.07, 6.45) is -15.8. The number of hydrogen-bond acceptors (Lipinski definition) is 16. The number of rotatable bonds is 14. The SMILES string of the molecule is Cc1ccc(S(=O)(=O)NC(=O)NC[C@H]2OCC[C@@H](O[C@@H]3O[C@H](CO)[C@H](O)[C@H](OC(CC4CCCCC4)C(=O)O)[C@H]3O)C2OC2O[C@@H](C)[C@@H](O)[C@@H](O)[C@@H]2O)cc1. The standard InChI is InChI=1S/C35H54N2O17S/c1-17-8-10-20(11-9-17)55(47,48)37-35(46)36-15-23-30(54-33-28(42)27(41)25(39)18(2)50-33)21(12-13-49-23)52-34-29(43)31(26(40)24(16-38)53-34)51-22(32(44)45)14-19-6-4-3-5-7-19/h8-11,18-19,21-31,33-34,38-43H,3-7,12-16H2,1-2H3,(H,44,45)(H2,36,37,46)/t18-,21+,22?,23+,24+,25+,26-,27+,28-,29+,30?,31-,33?,34+/m0/s1. The van der Waals surface area contributed by atoms with Gasteiger partial charge in [0.1, 0.15) is 54.9 Å². The van der Waals surface area contributed by atoms with Crippen molar-refractivity contribution in [2.45, 2.75) is 150 Å². The molecule has 1 aromatic rings. The molecule has 20 heteroatoms. The summed E-state index contributed by atoms with van der Waals surface area (Å²) in [5.74, 6) is -1.22. The lowest BCUT2D eigenvalue weighted by atomic mass is 9.85. The lowest BCUT2D eigenvalue weighted by molar-refractivity contribution is -0.355. The van der Waals surface area contributed by atoms with Crippen molar-refractivity contribution >= 4 is 22.0 Å². The Morgan fingerprint density at radius 3 is 2.18 bits per heavy atom. The van der Waals surface area contributed by atoms with Crippen molar-refractivity contribution in [2.24, 2.45) is 5.92 Å². The second-order valence-electron chi connectivity index (χ2n) is 14.7. The van der Waals surface area contributed by atoms with Gasteiger partial charge >= 0.3 is 12.0 Å². The molecule has 2 amide bonds. The Kier molecular flexibility index (Phi) is 15.2. The van der Waals surface area contributed by atoms with E-state index in [1.807, 2.05) is 4.72 Å². The van der Waals surface area contributed by atoms with Crippen molar-refractivity contribution in [3.8, 4) is 0 Å². The molecule has 0 spiro atoms. The van der Waals surface area contributed by atoms with Crippen molar-refractivity contribution in [1.82, 2.24) is 10.0 Å². The number of carboxylic acid groups (broad SMARTS) is 1. The third kappa shape index (κ3) is 10.9. The van der Waals surface area contributed by atoms with E-state index in [0.29, 0.717) is 0 Å². The van der Waals surface area contributed by atoms with Crippen LogP contribution in [0.2, 0.25) is 0 Å². The number of carbonyl (C=O) groups excluding carboxylic acids is 1. The normalized spacial score (nSPS) is 36.8. The summed E-state index contributed by atoms with van der Waals surface area (Å²) in [5, 5.41) is 76.4. The number of nitrogens with one attached hydrogen (secondary N) is 2. The van der Waals surface area contributed by atoms with Crippen molar-refractivity contribution in [3.63, 3.8) is 0 Å². The zero-order chi connectivity index (χ0) is 40.0. The summed E-state index contributed by atoms with van der Waals surface area (Å²) in [6.45, 7) is 2.01. The molecule has 55 heavy (non-hydrogen) atoms. The molecule has 0 radical (unpaired) electrons. The molecular formula is C35H54N2O17S. The Morgan fingerprint density at radius 1 is 0.855 bits per heavy atom. The first kappa shape index (κ1) is 43.6. The van der Waals surface area contributed by atoms with Crippen LogP contribution in [0.15, 0.2) is 29.2 Å². The van der Waals surface area contributed by atoms with Crippen LogP contribution in [0.4, 0.5) is 4.79 Å². The molecule has 1 saturated carbocycles. The van der Waals surface area contributed by atoms with Crippen LogP contribution in [-0.4, -0.2) is 162 Å². The largest absolute Gasteiger partial charge is 0.479 e. The molecule has 3 aliphatic heterocycles. The number of ether oxygens (including phenoxy) is 6. The summed E-state index contributed by atoms with van der Waals surface area (Å²) >= 11 is 0. The number of aliphatic hydroxyl groups is 6. The van der Waals surface area contributed by atoms with Crippen LogP contribution in [0.25, 0.3) is 0 Å². The van der Waals surface area contributed by atoms with Crippen LogP contribution in [-0.2, 0) is 43.2 Å². The fourth-order valence-corrected chi connectivity index (χ4v) is 8.30. The number of carbonyl (C=O) groups is 2. The third-order valence-corrected chi connectivity index (χ3v) is 11.9. The van der Waals surface area contributed by atoms with Gasteiger partial charge in [0.05, 0.1) is 23.7 Å². The number of aryl methyl sites for hydroxylation is 1. The number of hydrogen-bond donors (Lipinski definition) is 9. The van der Waals surface area contributed by atoms with Crippen LogP contribution in [0.5, 0.6) is 0 Å². The third-order valence-electron chi connectivity index (χ3n) is 10.6. The molecule has 312 valence electrons. The second kappa shape index (κ2) is 19.2. The van der Waals surface area contributed by atoms with E-state index in [1.165, 1.54) is 19.1 Å². The van der Waals surface area contributed by atoms with Gasteiger partial charge in [0.2, 0.25) is 0 Å². The van der Waals surface area contributed by atoms with Crippen LogP contribution in [0.3, 0.4) is 0 Å². The smallest absolute Gasteiger partial charge is 0.332 e. The molecular weight excluding hydrogens is 752 g/mol. The maximum atomic E-state index is 12.8. The molecule has 4 aliphatic rings. The Labute approximate surface area is 318 Å². The second-order valence-corrected chi connectivity index (χ2v) is 16.3. The number of carboxylic acids is 1. The van der Waals surface area contributed by atoms with Crippen LogP contribution >= 0.6 is 0 Å². The van der Waals surface area contributed by atoms with Crippen molar-refractivity contribution < 1.29 is 82.2 Å². The van der Waals surface area contributed by atoms with E-state index in [-0.39, 0.29) is 30.3 Å². The van der Waals surface area contributed by atoms with Gasteiger partial charge in [-0.1, -0.05) is 49.8 Å². The Morgan fingerprint density at radius 2 is 1.53 bits per heavy atom. The molecule has 1 aliphatic carbocycles. The van der Waals surface area contributed by atoms with E-state index in [9.17, 15) is 53.8 Å². The lowest BCUT2D eigenvalue weighted by Gasteiger charge is -2.47. The summed E-state index contributed by atoms with van der Waals surface area (Å²) in [7, 11) is -4.26. The summed E-state index contributed by atoms with van der Waals surface area (Å²) in [4.78, 5) is 25.0. The molecule has 19 nitrogen and oxygen atoms in total. The number of aliphatic carboxylic acids is 1. The highest BCUT2D eigenvalue weighted by Gasteiger charge is 2.51. The molecule has 3 heterocycles. The van der Waals surface area contributed by atoms with Crippen molar-refractivity contribution in [1.29, 1.82) is 0 Å². The van der Waals surface area contributed by atoms with Gasteiger partial charge in [0.15, 0.2) is 18.7 Å². The quantitative estimate of drug-likeness (QED) is 0.105. The van der Waals surface area contributed by atoms with E-state index < -0.39 is 121 Å². The van der Waals surface area contributed by atoms with E-state index in [1.54, 1.807) is 19.1 Å². The number of sulfonamides is 1. The lowest BCUT2D eigenvalue weighted by Crippen LogP contribution is -2.64. The minimum Gasteiger partial charge on any atom is -0.479 e. The van der Waals surface area contributed by atoms with Crippen LogP contribution in [0.1, 0.15) is 57.4 Å². The highest BCUT2D eigenvalue weighted by molar-refractivity contribution is 7.90. The van der Waals surface area contributed by atoms with E-state index in [2.05, 4.69) is 5.32 Å². The molecule has 4 fully saturated rings. The van der Waals surface area contributed by atoms with Gasteiger partial charge in [0, 0.05) is 13.2 Å². The van der Waals surface area contributed by atoms with Crippen LogP contribution in [0, 0.1) is 12.8 Å². The fourth-order valence-electron chi connectivity index (χ4n) is 7.37. The minimum atomic E-state index is -4.26. The van der Waals surface area contributed by atoms with E-state index >= 15 is 0 Å². The van der Waals surface area contributed by atoms with Crippen LogP contribution < -0.4 is 10.0 Å². The monoisotopic (exact) mass is 806 g/mol. The first-order valence-electron chi connectivity index (χ1n) is 18.6. The summed E-state index contributed by atoms with van der Waals surface area (Å²) in [6, 6.07) is 4.68. The zero-order valence-electron chi connectivity index (χ0n) is 30.7. The van der Waals surface area contributed by atoms with Gasteiger partial charge in [0.25, 0.3) is 10.0 Å². The highest BCUT2D eigenvalue weighted by Crippen LogP contribution is 2.34. The Balaban J connectivity index is 1.33. The zero-order valence-corrected chi connectivity index (χ0v) is 31.5. The van der Waals surface area contributed by atoms with Gasteiger partial charge in [-0.05, 0) is 44.7 Å². The van der Waals surface area contributed by atoms with Gasteiger partial charge in [-0.15, -0.1) is 0 Å². The topological polar surface area (TPSA) is 289 Å². The molecule has 5 rings (SSSR count). The number of benzene rings is 1.